The van der Waals surface area contributed by atoms with Crippen molar-refractivity contribution in [2.24, 2.45) is 0 Å². The lowest BCUT2D eigenvalue weighted by atomic mass is 9.91. The van der Waals surface area contributed by atoms with E-state index >= 15 is 0 Å². The first-order chi connectivity index (χ1) is 20.9. The molecule has 5 rings (SSSR count). The van der Waals surface area contributed by atoms with Gasteiger partial charge in [-0.05, 0) is 95.8 Å². The van der Waals surface area contributed by atoms with Crippen LogP contribution in [-0.2, 0) is 22.2 Å². The van der Waals surface area contributed by atoms with Gasteiger partial charge in [0.1, 0.15) is 17.0 Å². The van der Waals surface area contributed by atoms with Crippen molar-refractivity contribution in [3.63, 3.8) is 0 Å². The number of esters is 1. The molecule has 2 atom stereocenters. The van der Waals surface area contributed by atoms with E-state index in [9.17, 15) is 22.8 Å². The molecule has 0 N–H and O–H groups in total. The van der Waals surface area contributed by atoms with Crippen LogP contribution in [0.1, 0.15) is 45.6 Å². The first-order valence-electron chi connectivity index (χ1n) is 13.6. The van der Waals surface area contributed by atoms with Crippen molar-refractivity contribution in [3.05, 3.63) is 106 Å². The minimum Gasteiger partial charge on any atom is -0.496 e. The standard InChI is InChI=1S/C33H28ClF3N2O5/c1-18-13-22(31(40)43-4)5-8-25(18)20-6-10-28(42-3)27(15-20)26-9-7-24(33(35,36)37)14-23(26)17-39-19(2)30(44-32(39)41)21-11-12-38-29(34)16-21/h5-16,19,30H,17H2,1-4H3/t19-,30-/m0/s1. The molecule has 0 bridgehead atoms. The van der Waals surface area contributed by atoms with Crippen LogP contribution in [0, 0.1) is 6.92 Å². The number of halogens is 4. The van der Waals surface area contributed by atoms with Crippen LogP contribution in [0.25, 0.3) is 22.3 Å². The fourth-order valence-electron chi connectivity index (χ4n) is 5.42. The van der Waals surface area contributed by atoms with Crippen molar-refractivity contribution in [2.75, 3.05) is 14.2 Å². The molecule has 2 heterocycles. The molecule has 1 aliphatic heterocycles. The minimum atomic E-state index is -4.61. The van der Waals surface area contributed by atoms with Gasteiger partial charge in [0, 0.05) is 11.8 Å². The summed E-state index contributed by atoms with van der Waals surface area (Å²) in [7, 11) is 2.78. The molecule has 1 saturated heterocycles. The summed E-state index contributed by atoms with van der Waals surface area (Å²) >= 11 is 6.04. The van der Waals surface area contributed by atoms with Crippen LogP contribution in [0.2, 0.25) is 5.15 Å². The molecule has 0 saturated carbocycles. The van der Waals surface area contributed by atoms with Gasteiger partial charge in [-0.15, -0.1) is 0 Å². The van der Waals surface area contributed by atoms with Gasteiger partial charge in [0.25, 0.3) is 0 Å². The van der Waals surface area contributed by atoms with Crippen LogP contribution in [0.3, 0.4) is 0 Å². The Morgan fingerprint density at radius 2 is 1.75 bits per heavy atom. The summed E-state index contributed by atoms with van der Waals surface area (Å²) in [4.78, 5) is 30.4. The monoisotopic (exact) mass is 624 g/mol. The number of hydrogen-bond acceptors (Lipinski definition) is 6. The number of pyridine rings is 1. The highest BCUT2D eigenvalue weighted by Gasteiger charge is 2.40. The van der Waals surface area contributed by atoms with Gasteiger partial charge in [-0.1, -0.05) is 29.8 Å². The van der Waals surface area contributed by atoms with Gasteiger partial charge in [0.15, 0.2) is 0 Å². The van der Waals surface area contributed by atoms with Crippen LogP contribution < -0.4 is 4.74 Å². The number of amides is 1. The number of aryl methyl sites for hydroxylation is 1. The number of benzene rings is 3. The number of carbonyl (C=O) groups excluding carboxylic acids is 2. The van der Waals surface area contributed by atoms with Crippen molar-refractivity contribution >= 4 is 23.7 Å². The van der Waals surface area contributed by atoms with Gasteiger partial charge in [-0.2, -0.15) is 13.2 Å². The molecule has 11 heteroatoms. The largest absolute Gasteiger partial charge is 0.496 e. The lowest BCUT2D eigenvalue weighted by Gasteiger charge is -2.24. The molecule has 3 aromatic carbocycles. The molecule has 1 aliphatic rings. The molecule has 228 valence electrons. The molecule has 0 radical (unpaired) electrons. The second-order valence-corrected chi connectivity index (χ2v) is 10.8. The van der Waals surface area contributed by atoms with Gasteiger partial charge >= 0.3 is 18.2 Å². The number of carbonyl (C=O) groups is 2. The first kappa shape index (κ1) is 30.9. The van der Waals surface area contributed by atoms with Gasteiger partial charge < -0.3 is 14.2 Å². The number of rotatable bonds is 7. The Labute approximate surface area is 257 Å². The van der Waals surface area contributed by atoms with E-state index in [1.54, 1.807) is 43.3 Å². The summed E-state index contributed by atoms with van der Waals surface area (Å²) < 4.78 is 57.8. The van der Waals surface area contributed by atoms with E-state index < -0.39 is 35.9 Å². The summed E-state index contributed by atoms with van der Waals surface area (Å²) in [6.45, 7) is 3.45. The third kappa shape index (κ3) is 6.07. The van der Waals surface area contributed by atoms with E-state index in [1.165, 1.54) is 31.4 Å². The predicted molar refractivity (Wildman–Crippen MR) is 158 cm³/mol. The van der Waals surface area contributed by atoms with Gasteiger partial charge in [-0.3, -0.25) is 4.90 Å². The van der Waals surface area contributed by atoms with E-state index in [-0.39, 0.29) is 17.3 Å². The highest BCUT2D eigenvalue weighted by molar-refractivity contribution is 6.29. The molecule has 1 aromatic heterocycles. The predicted octanol–water partition coefficient (Wildman–Crippen LogP) is 8.27. The molecular formula is C33H28ClF3N2O5. The topological polar surface area (TPSA) is 78.0 Å². The molecule has 1 fully saturated rings. The third-order valence-electron chi connectivity index (χ3n) is 7.69. The van der Waals surface area contributed by atoms with Crippen LogP contribution in [0.4, 0.5) is 18.0 Å². The van der Waals surface area contributed by atoms with E-state index in [4.69, 9.17) is 25.8 Å². The molecule has 0 aliphatic carbocycles. The fourth-order valence-corrected chi connectivity index (χ4v) is 5.60. The van der Waals surface area contributed by atoms with Crippen LogP contribution in [0.5, 0.6) is 5.75 Å². The molecule has 0 spiro atoms. The Morgan fingerprint density at radius 1 is 1.00 bits per heavy atom. The maximum Gasteiger partial charge on any atom is 0.416 e. The van der Waals surface area contributed by atoms with Crippen LogP contribution in [0.15, 0.2) is 72.9 Å². The third-order valence-corrected chi connectivity index (χ3v) is 7.90. The minimum absolute atomic E-state index is 0.158. The van der Waals surface area contributed by atoms with E-state index in [0.29, 0.717) is 28.0 Å². The molecular weight excluding hydrogens is 597 g/mol. The average Bonchev–Trinajstić information content (AvgIpc) is 3.28. The number of hydrogen-bond donors (Lipinski definition) is 0. The maximum atomic E-state index is 13.9. The van der Waals surface area contributed by atoms with Crippen molar-refractivity contribution in [3.8, 4) is 28.0 Å². The Hall–Kier alpha value is -4.57. The first-order valence-corrected chi connectivity index (χ1v) is 14.0. The summed E-state index contributed by atoms with van der Waals surface area (Å²) in [5, 5.41) is 0.228. The zero-order valence-electron chi connectivity index (χ0n) is 24.2. The highest BCUT2D eigenvalue weighted by Crippen LogP contribution is 2.41. The molecule has 44 heavy (non-hydrogen) atoms. The summed E-state index contributed by atoms with van der Waals surface area (Å²) in [5.41, 5.74) is 3.77. The Morgan fingerprint density at radius 3 is 2.41 bits per heavy atom. The van der Waals surface area contributed by atoms with E-state index in [0.717, 1.165) is 28.8 Å². The molecule has 1 amide bonds. The van der Waals surface area contributed by atoms with E-state index in [1.807, 2.05) is 19.1 Å². The van der Waals surface area contributed by atoms with Crippen LogP contribution in [-0.4, -0.2) is 42.2 Å². The maximum absolute atomic E-state index is 13.9. The molecule has 7 nitrogen and oxygen atoms in total. The highest BCUT2D eigenvalue weighted by atomic mass is 35.5. The number of nitrogens with zero attached hydrogens (tertiary/aromatic N) is 2. The molecule has 4 aromatic rings. The number of aromatic nitrogens is 1. The second-order valence-electron chi connectivity index (χ2n) is 10.4. The summed E-state index contributed by atoms with van der Waals surface area (Å²) in [6.07, 6.45) is -4.46. The zero-order chi connectivity index (χ0) is 31.8. The molecule has 0 unspecified atom stereocenters. The van der Waals surface area contributed by atoms with Gasteiger partial charge in [-0.25, -0.2) is 14.6 Å². The fraction of sp³-hybridized carbons (Fsp3) is 0.242. The number of cyclic esters (lactones) is 1. The quantitative estimate of drug-likeness (QED) is 0.152. The lowest BCUT2D eigenvalue weighted by Crippen LogP contribution is -2.31. The normalized spacial score (nSPS) is 16.5. The summed E-state index contributed by atoms with van der Waals surface area (Å²) in [6, 6.07) is 16.7. The Balaban J connectivity index is 1.58. The average molecular weight is 625 g/mol. The van der Waals surface area contributed by atoms with Crippen molar-refractivity contribution in [2.45, 2.75) is 38.7 Å². The van der Waals surface area contributed by atoms with Gasteiger partial charge in [0.2, 0.25) is 0 Å². The van der Waals surface area contributed by atoms with Crippen molar-refractivity contribution < 1.29 is 37.0 Å². The van der Waals surface area contributed by atoms with Crippen LogP contribution >= 0.6 is 11.6 Å². The summed E-state index contributed by atoms with van der Waals surface area (Å²) in [5.74, 6) is -0.0339. The number of ether oxygens (including phenoxy) is 3. The SMILES string of the molecule is COC(=O)c1ccc(-c2ccc(OC)c(-c3ccc(C(F)(F)F)cc3CN3C(=O)O[C@H](c4ccnc(Cl)c4)[C@@H]3C)c2)c(C)c1. The second kappa shape index (κ2) is 12.2. The van der Waals surface area contributed by atoms with Crippen molar-refractivity contribution in [1.29, 1.82) is 0 Å². The Bertz CT molecular complexity index is 1740. The number of alkyl halides is 3. The zero-order valence-corrected chi connectivity index (χ0v) is 25.0. The lowest BCUT2D eigenvalue weighted by molar-refractivity contribution is -0.137. The Kier molecular flexibility index (Phi) is 8.56. The number of methoxy groups -OCH3 is 2. The van der Waals surface area contributed by atoms with Gasteiger partial charge in [0.05, 0.1) is 37.9 Å². The van der Waals surface area contributed by atoms with E-state index in [2.05, 4.69) is 4.98 Å². The van der Waals surface area contributed by atoms with Crippen molar-refractivity contribution in [1.82, 2.24) is 9.88 Å². The smallest absolute Gasteiger partial charge is 0.416 e.